The van der Waals surface area contributed by atoms with E-state index in [9.17, 15) is 4.79 Å². The number of nitrogens with zero attached hydrogens (tertiary/aromatic N) is 3. The molecule has 0 saturated carbocycles. The van der Waals surface area contributed by atoms with Crippen molar-refractivity contribution in [3.8, 4) is 5.69 Å². The summed E-state index contributed by atoms with van der Waals surface area (Å²) in [5, 5.41) is 4.54. The van der Waals surface area contributed by atoms with Crippen LogP contribution in [0.1, 0.15) is 23.2 Å². The number of aryl methyl sites for hydroxylation is 2. The van der Waals surface area contributed by atoms with E-state index in [-0.39, 0.29) is 5.56 Å². The van der Waals surface area contributed by atoms with Crippen LogP contribution in [0.15, 0.2) is 63.9 Å². The van der Waals surface area contributed by atoms with Crippen LogP contribution >= 0.6 is 23.1 Å². The molecule has 4 aromatic rings. The lowest BCUT2D eigenvalue weighted by Gasteiger charge is -2.14. The number of thioether (sulfide) groups is 1. The zero-order valence-corrected chi connectivity index (χ0v) is 16.8. The van der Waals surface area contributed by atoms with Crippen molar-refractivity contribution in [3.05, 3.63) is 80.5 Å². The fourth-order valence-corrected chi connectivity index (χ4v) is 4.70. The minimum absolute atomic E-state index is 0.0371. The Hall–Kier alpha value is -2.44. The quantitative estimate of drug-likeness (QED) is 0.353. The Balaban J connectivity index is 1.83. The zero-order valence-electron chi connectivity index (χ0n) is 15.2. The Kier molecular flexibility index (Phi) is 5.09. The second-order valence-corrected chi connectivity index (χ2v) is 8.10. The van der Waals surface area contributed by atoms with E-state index in [1.54, 1.807) is 27.7 Å². The van der Waals surface area contributed by atoms with Crippen molar-refractivity contribution in [1.29, 1.82) is 0 Å². The van der Waals surface area contributed by atoms with Crippen LogP contribution in [0.25, 0.3) is 16.6 Å². The van der Waals surface area contributed by atoms with Gasteiger partial charge in [-0.25, -0.2) is 9.97 Å². The highest BCUT2D eigenvalue weighted by atomic mass is 32.2. The number of para-hydroxylation sites is 2. The molecule has 0 spiro atoms. The van der Waals surface area contributed by atoms with Gasteiger partial charge in [-0.3, -0.25) is 9.36 Å². The molecule has 0 radical (unpaired) electrons. The summed E-state index contributed by atoms with van der Waals surface area (Å²) in [7, 11) is 0. The van der Waals surface area contributed by atoms with Crippen molar-refractivity contribution in [3.63, 3.8) is 0 Å². The molecule has 0 amide bonds. The molecular formula is C21H19N3OS2. The van der Waals surface area contributed by atoms with E-state index in [4.69, 9.17) is 4.98 Å². The van der Waals surface area contributed by atoms with Crippen LogP contribution in [0.3, 0.4) is 0 Å². The van der Waals surface area contributed by atoms with E-state index in [0.29, 0.717) is 16.3 Å². The normalized spacial score (nSPS) is 11.2. The lowest BCUT2D eigenvalue weighted by molar-refractivity contribution is 0.814. The number of hydrogen-bond acceptors (Lipinski definition) is 5. The summed E-state index contributed by atoms with van der Waals surface area (Å²) in [4.78, 5) is 22.7. The standard InChI is InChI=1S/C21H19N3OS2/c1-3-19-22-15(12-26-19)13-27-21-23-17-10-6-5-9-16(17)20(25)24(21)18-11-7-4-8-14(18)2/h4-12H,3,13H2,1-2H3. The number of fused-ring (bicyclic) bond motifs is 1. The average molecular weight is 394 g/mol. The summed E-state index contributed by atoms with van der Waals surface area (Å²) in [5.74, 6) is 0.688. The molecule has 0 saturated heterocycles. The monoisotopic (exact) mass is 393 g/mol. The fraction of sp³-hybridized carbons (Fsp3) is 0.190. The van der Waals surface area contributed by atoms with Crippen LogP contribution in [0.5, 0.6) is 0 Å². The van der Waals surface area contributed by atoms with Crippen LogP contribution < -0.4 is 5.56 Å². The maximum atomic E-state index is 13.3. The number of aromatic nitrogens is 3. The molecule has 4 rings (SSSR count). The van der Waals surface area contributed by atoms with E-state index < -0.39 is 0 Å². The van der Waals surface area contributed by atoms with Crippen molar-refractivity contribution < 1.29 is 0 Å². The van der Waals surface area contributed by atoms with Crippen molar-refractivity contribution in [1.82, 2.24) is 14.5 Å². The van der Waals surface area contributed by atoms with Crippen molar-refractivity contribution in [2.45, 2.75) is 31.2 Å². The molecule has 4 nitrogen and oxygen atoms in total. The Bertz CT molecular complexity index is 1160. The van der Waals surface area contributed by atoms with Gasteiger partial charge in [0, 0.05) is 11.1 Å². The number of hydrogen-bond donors (Lipinski definition) is 0. The van der Waals surface area contributed by atoms with Crippen LogP contribution in [-0.4, -0.2) is 14.5 Å². The summed E-state index contributed by atoms with van der Waals surface area (Å²) in [6.45, 7) is 4.12. The predicted molar refractivity (Wildman–Crippen MR) is 113 cm³/mol. The largest absolute Gasteiger partial charge is 0.268 e. The molecule has 6 heteroatoms. The Labute approximate surface area is 165 Å². The minimum Gasteiger partial charge on any atom is -0.268 e. The first kappa shape index (κ1) is 17.9. The van der Waals surface area contributed by atoms with Crippen LogP contribution in [0, 0.1) is 6.92 Å². The van der Waals surface area contributed by atoms with Gasteiger partial charge in [0.1, 0.15) is 0 Å². The first-order valence-electron chi connectivity index (χ1n) is 8.81. The van der Waals surface area contributed by atoms with Gasteiger partial charge in [-0.1, -0.05) is 49.0 Å². The molecule has 0 unspecified atom stereocenters. The smallest absolute Gasteiger partial charge is 0.266 e. The Morgan fingerprint density at radius 2 is 1.85 bits per heavy atom. The van der Waals surface area contributed by atoms with E-state index in [1.165, 1.54) is 0 Å². The highest BCUT2D eigenvalue weighted by Gasteiger charge is 2.15. The molecule has 0 aliphatic heterocycles. The summed E-state index contributed by atoms with van der Waals surface area (Å²) in [6, 6.07) is 15.4. The van der Waals surface area contributed by atoms with E-state index in [2.05, 4.69) is 17.3 Å². The molecule has 0 aliphatic carbocycles. The Morgan fingerprint density at radius 1 is 1.07 bits per heavy atom. The summed E-state index contributed by atoms with van der Waals surface area (Å²) >= 11 is 3.23. The highest BCUT2D eigenvalue weighted by Crippen LogP contribution is 2.26. The van der Waals surface area contributed by atoms with Gasteiger partial charge in [0.15, 0.2) is 5.16 Å². The van der Waals surface area contributed by atoms with E-state index in [0.717, 1.165) is 33.9 Å². The molecular weight excluding hydrogens is 374 g/mol. The third kappa shape index (κ3) is 3.55. The third-order valence-electron chi connectivity index (χ3n) is 4.35. The molecule has 0 atom stereocenters. The molecule has 0 N–H and O–H groups in total. The molecule has 0 aliphatic rings. The molecule has 27 heavy (non-hydrogen) atoms. The Morgan fingerprint density at radius 3 is 2.63 bits per heavy atom. The lowest BCUT2D eigenvalue weighted by atomic mass is 10.2. The predicted octanol–water partition coefficient (Wildman–Crippen LogP) is 5.01. The SMILES string of the molecule is CCc1nc(CSc2nc3ccccc3c(=O)n2-c2ccccc2C)cs1. The summed E-state index contributed by atoms with van der Waals surface area (Å²) in [6.07, 6.45) is 0.942. The second-order valence-electron chi connectivity index (χ2n) is 6.21. The maximum Gasteiger partial charge on any atom is 0.266 e. The van der Waals surface area contributed by atoms with Gasteiger partial charge in [-0.15, -0.1) is 11.3 Å². The molecule has 0 fully saturated rings. The summed E-state index contributed by atoms with van der Waals surface area (Å²) in [5.41, 5.74) is 3.63. The molecule has 136 valence electrons. The van der Waals surface area contributed by atoms with Gasteiger partial charge < -0.3 is 0 Å². The molecule has 0 bridgehead atoms. The number of benzene rings is 2. The van der Waals surface area contributed by atoms with Gasteiger partial charge in [0.2, 0.25) is 0 Å². The van der Waals surface area contributed by atoms with Crippen molar-refractivity contribution >= 4 is 34.0 Å². The van der Waals surface area contributed by atoms with Crippen LogP contribution in [0.2, 0.25) is 0 Å². The van der Waals surface area contributed by atoms with Crippen molar-refractivity contribution in [2.75, 3.05) is 0 Å². The van der Waals surface area contributed by atoms with Gasteiger partial charge in [-0.2, -0.15) is 0 Å². The number of rotatable bonds is 5. The molecule has 2 heterocycles. The second kappa shape index (κ2) is 7.66. The van der Waals surface area contributed by atoms with Gasteiger partial charge in [0.25, 0.3) is 5.56 Å². The number of thiazole rings is 1. The van der Waals surface area contributed by atoms with Crippen LogP contribution in [-0.2, 0) is 12.2 Å². The zero-order chi connectivity index (χ0) is 18.8. The van der Waals surface area contributed by atoms with Crippen LogP contribution in [0.4, 0.5) is 0 Å². The van der Waals surface area contributed by atoms with E-state index in [1.807, 2.05) is 55.5 Å². The average Bonchev–Trinajstić information content (AvgIpc) is 3.16. The molecule has 2 aromatic heterocycles. The minimum atomic E-state index is -0.0371. The highest BCUT2D eigenvalue weighted by molar-refractivity contribution is 7.98. The lowest BCUT2D eigenvalue weighted by Crippen LogP contribution is -2.22. The third-order valence-corrected chi connectivity index (χ3v) is 6.37. The van der Waals surface area contributed by atoms with Gasteiger partial charge in [0.05, 0.1) is 27.3 Å². The first-order valence-corrected chi connectivity index (χ1v) is 10.7. The fourth-order valence-electron chi connectivity index (χ4n) is 2.95. The molecule has 2 aromatic carbocycles. The van der Waals surface area contributed by atoms with E-state index >= 15 is 0 Å². The van der Waals surface area contributed by atoms with Crippen molar-refractivity contribution in [2.24, 2.45) is 0 Å². The van der Waals surface area contributed by atoms with Gasteiger partial charge >= 0.3 is 0 Å². The maximum absolute atomic E-state index is 13.3. The van der Waals surface area contributed by atoms with Gasteiger partial charge in [-0.05, 0) is 37.1 Å². The summed E-state index contributed by atoms with van der Waals surface area (Å²) < 4.78 is 1.73. The first-order chi connectivity index (χ1) is 13.2. The topological polar surface area (TPSA) is 47.8 Å².